The number of carbonyl (C=O) groups is 2. The molecule has 20 heavy (non-hydrogen) atoms. The highest BCUT2D eigenvalue weighted by Gasteiger charge is 2.10. The van der Waals surface area contributed by atoms with Gasteiger partial charge in [-0.25, -0.2) is 4.98 Å². The second-order valence-electron chi connectivity index (χ2n) is 4.31. The number of imidazole rings is 1. The summed E-state index contributed by atoms with van der Waals surface area (Å²) < 4.78 is 1.74. The van der Waals surface area contributed by atoms with Gasteiger partial charge < -0.3 is 14.5 Å². The van der Waals surface area contributed by atoms with Crippen molar-refractivity contribution in [3.05, 3.63) is 36.5 Å². The molecule has 104 valence electrons. The molecule has 1 aromatic heterocycles. The van der Waals surface area contributed by atoms with Gasteiger partial charge in [0.05, 0.1) is 11.9 Å². The first-order valence-corrected chi connectivity index (χ1v) is 6.15. The normalized spacial score (nSPS) is 10.2. The molecule has 6 heteroatoms. The van der Waals surface area contributed by atoms with Gasteiger partial charge in [0.2, 0.25) is 11.9 Å². The number of rotatable bonds is 5. The Balaban J connectivity index is 2.10. The predicted octanol–water partition coefficient (Wildman–Crippen LogP) is 0.556. The summed E-state index contributed by atoms with van der Waals surface area (Å²) in [7, 11) is 1.78. The van der Waals surface area contributed by atoms with Crippen molar-refractivity contribution in [2.45, 2.75) is 12.8 Å². The minimum atomic E-state index is -1.25. The third-order valence-corrected chi connectivity index (χ3v) is 2.87. The van der Waals surface area contributed by atoms with Crippen molar-refractivity contribution in [2.24, 2.45) is 7.05 Å². The van der Waals surface area contributed by atoms with Gasteiger partial charge in [0.15, 0.2) is 0 Å². The van der Waals surface area contributed by atoms with Crippen LogP contribution in [-0.4, -0.2) is 21.4 Å². The Morgan fingerprint density at radius 2 is 1.95 bits per heavy atom. The zero-order valence-electron chi connectivity index (χ0n) is 11.0. The second-order valence-corrected chi connectivity index (χ2v) is 4.31. The van der Waals surface area contributed by atoms with Gasteiger partial charge in [-0.1, -0.05) is 30.3 Å². The molecule has 1 heterocycles. The Hall–Kier alpha value is -2.63. The van der Waals surface area contributed by atoms with Gasteiger partial charge in [-0.2, -0.15) is 0 Å². The van der Waals surface area contributed by atoms with E-state index in [9.17, 15) is 14.7 Å². The lowest BCUT2D eigenvalue weighted by Gasteiger charge is -2.07. The molecule has 0 fully saturated rings. The Kier molecular flexibility index (Phi) is 4.14. The molecule has 2 rings (SSSR count). The minimum absolute atomic E-state index is 0.129. The van der Waals surface area contributed by atoms with E-state index in [4.69, 9.17) is 0 Å². The van der Waals surface area contributed by atoms with Gasteiger partial charge in [0.1, 0.15) is 0 Å². The molecule has 0 aliphatic heterocycles. The van der Waals surface area contributed by atoms with Gasteiger partial charge in [-0.05, 0) is 12.0 Å². The van der Waals surface area contributed by atoms with Crippen LogP contribution < -0.4 is 10.4 Å². The Morgan fingerprint density at radius 3 is 2.60 bits per heavy atom. The lowest BCUT2D eigenvalue weighted by atomic mass is 10.2. The quantitative estimate of drug-likeness (QED) is 0.861. The van der Waals surface area contributed by atoms with E-state index in [-0.39, 0.29) is 12.8 Å². The molecule has 0 spiro atoms. The largest absolute Gasteiger partial charge is 0.550 e. The van der Waals surface area contributed by atoms with Crippen molar-refractivity contribution in [1.82, 2.24) is 9.55 Å². The molecule has 0 unspecified atom stereocenters. The molecule has 0 aliphatic carbocycles. The maximum atomic E-state index is 11.6. The van der Waals surface area contributed by atoms with Crippen molar-refractivity contribution in [3.63, 3.8) is 0 Å². The minimum Gasteiger partial charge on any atom is -0.550 e. The van der Waals surface area contributed by atoms with E-state index in [2.05, 4.69) is 10.3 Å². The summed E-state index contributed by atoms with van der Waals surface area (Å²) in [6, 6.07) is 9.64. The molecule has 0 aliphatic rings. The summed E-state index contributed by atoms with van der Waals surface area (Å²) in [5, 5.41) is 12.9. The van der Waals surface area contributed by atoms with E-state index in [1.54, 1.807) is 17.8 Å². The molecule has 1 aromatic carbocycles. The third kappa shape index (κ3) is 3.23. The monoisotopic (exact) mass is 272 g/mol. The average Bonchev–Trinajstić information content (AvgIpc) is 2.79. The SMILES string of the molecule is Cn1c(-c2ccccc2)cnc1NC(=O)CCC(=O)[O-]. The highest BCUT2D eigenvalue weighted by Crippen LogP contribution is 2.21. The zero-order valence-corrected chi connectivity index (χ0v) is 11.0. The summed E-state index contributed by atoms with van der Waals surface area (Å²) in [5.41, 5.74) is 1.85. The fraction of sp³-hybridized carbons (Fsp3) is 0.214. The van der Waals surface area contributed by atoms with Gasteiger partial charge >= 0.3 is 0 Å². The van der Waals surface area contributed by atoms with Crippen LogP contribution in [0.4, 0.5) is 5.95 Å². The first kappa shape index (κ1) is 13.8. The standard InChI is InChI=1S/C14H15N3O3/c1-17-11(10-5-3-2-4-6-10)9-15-14(17)16-12(18)7-8-13(19)20/h2-6,9H,7-8H2,1H3,(H,19,20)(H,15,16,18)/p-1. The number of amides is 1. The van der Waals surface area contributed by atoms with Crippen LogP contribution in [0, 0.1) is 0 Å². The van der Waals surface area contributed by atoms with Crippen LogP contribution >= 0.6 is 0 Å². The third-order valence-electron chi connectivity index (χ3n) is 2.87. The van der Waals surface area contributed by atoms with Crippen LogP contribution in [0.15, 0.2) is 36.5 Å². The second kappa shape index (κ2) is 6.01. The van der Waals surface area contributed by atoms with Crippen LogP contribution in [0.2, 0.25) is 0 Å². The molecule has 0 saturated heterocycles. The molecule has 1 amide bonds. The average molecular weight is 272 g/mol. The zero-order chi connectivity index (χ0) is 14.5. The molecule has 1 N–H and O–H groups in total. The number of carboxylic acids is 1. The van der Waals surface area contributed by atoms with E-state index in [0.29, 0.717) is 5.95 Å². The van der Waals surface area contributed by atoms with Crippen LogP contribution in [0.1, 0.15) is 12.8 Å². The van der Waals surface area contributed by atoms with E-state index < -0.39 is 11.9 Å². The summed E-state index contributed by atoms with van der Waals surface area (Å²) in [6.07, 6.45) is 1.22. The molecule has 6 nitrogen and oxygen atoms in total. The number of nitrogens with zero attached hydrogens (tertiary/aromatic N) is 2. The van der Waals surface area contributed by atoms with Crippen LogP contribution in [0.5, 0.6) is 0 Å². The number of nitrogens with one attached hydrogen (secondary N) is 1. The molecule has 2 aromatic rings. The van der Waals surface area contributed by atoms with Crippen molar-refractivity contribution in [2.75, 3.05) is 5.32 Å². The highest BCUT2D eigenvalue weighted by molar-refractivity contribution is 5.91. The van der Waals surface area contributed by atoms with Crippen molar-refractivity contribution in [3.8, 4) is 11.3 Å². The van der Waals surface area contributed by atoms with Gasteiger partial charge in [-0.15, -0.1) is 0 Å². The molecule has 0 saturated carbocycles. The number of carboxylic acid groups (broad SMARTS) is 1. The van der Waals surface area contributed by atoms with Crippen molar-refractivity contribution in [1.29, 1.82) is 0 Å². The van der Waals surface area contributed by atoms with Crippen molar-refractivity contribution < 1.29 is 14.7 Å². The van der Waals surface area contributed by atoms with Gasteiger partial charge in [0.25, 0.3) is 0 Å². The topological polar surface area (TPSA) is 87.0 Å². The lowest BCUT2D eigenvalue weighted by Crippen LogP contribution is -2.24. The number of anilines is 1. The molecular weight excluding hydrogens is 258 g/mol. The molecule has 0 bridgehead atoms. The Bertz CT molecular complexity index is 620. The lowest BCUT2D eigenvalue weighted by molar-refractivity contribution is -0.305. The van der Waals surface area contributed by atoms with E-state index in [1.165, 1.54) is 0 Å². The highest BCUT2D eigenvalue weighted by atomic mass is 16.4. The Morgan fingerprint density at radius 1 is 1.25 bits per heavy atom. The Labute approximate surface area is 116 Å². The first-order chi connectivity index (χ1) is 9.58. The van der Waals surface area contributed by atoms with Gasteiger partial charge in [-0.3, -0.25) is 10.1 Å². The fourth-order valence-electron chi connectivity index (χ4n) is 1.81. The maximum absolute atomic E-state index is 11.6. The number of benzene rings is 1. The van der Waals surface area contributed by atoms with Gasteiger partial charge in [0, 0.05) is 19.4 Å². The van der Waals surface area contributed by atoms with Crippen LogP contribution in [0.3, 0.4) is 0 Å². The summed E-state index contributed by atoms with van der Waals surface area (Å²) in [4.78, 5) is 26.0. The van der Waals surface area contributed by atoms with Crippen LogP contribution in [-0.2, 0) is 16.6 Å². The summed E-state index contributed by atoms with van der Waals surface area (Å²) >= 11 is 0. The number of carbonyl (C=O) groups excluding carboxylic acids is 2. The predicted molar refractivity (Wildman–Crippen MR) is 71.5 cm³/mol. The van der Waals surface area contributed by atoms with Crippen molar-refractivity contribution >= 4 is 17.8 Å². The molecule has 0 radical (unpaired) electrons. The smallest absolute Gasteiger partial charge is 0.227 e. The maximum Gasteiger partial charge on any atom is 0.227 e. The number of aliphatic carboxylic acids is 1. The number of hydrogen-bond acceptors (Lipinski definition) is 4. The fourth-order valence-corrected chi connectivity index (χ4v) is 1.81. The number of aromatic nitrogens is 2. The molecular formula is C14H14N3O3-. The van der Waals surface area contributed by atoms with E-state index in [0.717, 1.165) is 11.3 Å². The summed E-state index contributed by atoms with van der Waals surface area (Å²) in [6.45, 7) is 0. The number of hydrogen-bond donors (Lipinski definition) is 1. The molecule has 0 atom stereocenters. The van der Waals surface area contributed by atoms with E-state index >= 15 is 0 Å². The van der Waals surface area contributed by atoms with Crippen LogP contribution in [0.25, 0.3) is 11.3 Å². The summed E-state index contributed by atoms with van der Waals surface area (Å²) in [5.74, 6) is -1.26. The first-order valence-electron chi connectivity index (χ1n) is 6.15. The van der Waals surface area contributed by atoms with E-state index in [1.807, 2.05) is 30.3 Å².